The van der Waals surface area contributed by atoms with Crippen LogP contribution in [0, 0.1) is 0 Å². The van der Waals surface area contributed by atoms with Gasteiger partial charge in [0.05, 0.1) is 0 Å². The number of allylic oxidation sites excluding steroid dienone is 1. The van der Waals surface area contributed by atoms with E-state index in [1.807, 2.05) is 6.21 Å². The molecule has 0 saturated heterocycles. The van der Waals surface area contributed by atoms with Crippen LogP contribution in [0.5, 0.6) is 0 Å². The van der Waals surface area contributed by atoms with Crippen LogP contribution in [-0.2, 0) is 0 Å². The molecule has 0 atom stereocenters. The van der Waals surface area contributed by atoms with Gasteiger partial charge in [-0.1, -0.05) is 6.92 Å². The van der Waals surface area contributed by atoms with Crippen molar-refractivity contribution in [2.24, 2.45) is 4.99 Å². The summed E-state index contributed by atoms with van der Waals surface area (Å²) in [5, 5.41) is 0. The number of hydrogen-bond acceptors (Lipinski definition) is 1. The fourth-order valence-electron chi connectivity index (χ4n) is 0.635. The smallest absolute Gasteiger partial charge is 0.0273 e. The molecule has 0 bridgehead atoms. The Kier molecular flexibility index (Phi) is 6.76. The average molecular weight is 151 g/mol. The van der Waals surface area contributed by atoms with Gasteiger partial charge in [0.1, 0.15) is 0 Å². The first kappa shape index (κ1) is 10.2. The SMILES string of the molecule is CCC(C)=C=CCCC=NC. The van der Waals surface area contributed by atoms with Gasteiger partial charge in [0.2, 0.25) is 0 Å². The van der Waals surface area contributed by atoms with Crippen molar-refractivity contribution in [2.45, 2.75) is 33.1 Å². The van der Waals surface area contributed by atoms with Crippen molar-refractivity contribution in [1.29, 1.82) is 0 Å². The summed E-state index contributed by atoms with van der Waals surface area (Å²) in [4.78, 5) is 3.89. The van der Waals surface area contributed by atoms with Crippen molar-refractivity contribution < 1.29 is 0 Å². The van der Waals surface area contributed by atoms with E-state index in [1.54, 1.807) is 7.05 Å². The molecular weight excluding hydrogens is 134 g/mol. The molecule has 0 radical (unpaired) electrons. The summed E-state index contributed by atoms with van der Waals surface area (Å²) in [7, 11) is 1.80. The molecule has 0 aromatic carbocycles. The van der Waals surface area contributed by atoms with Gasteiger partial charge in [-0.2, -0.15) is 0 Å². The maximum atomic E-state index is 3.89. The van der Waals surface area contributed by atoms with Crippen LogP contribution >= 0.6 is 0 Å². The highest BCUT2D eigenvalue weighted by molar-refractivity contribution is 5.56. The minimum absolute atomic E-state index is 1.03. The molecule has 62 valence electrons. The number of nitrogens with zero attached hydrogens (tertiary/aromatic N) is 1. The second-order valence-electron chi connectivity index (χ2n) is 2.50. The van der Waals surface area contributed by atoms with Gasteiger partial charge in [-0.05, 0) is 44.0 Å². The van der Waals surface area contributed by atoms with E-state index < -0.39 is 0 Å². The molecule has 0 N–H and O–H groups in total. The number of hydrogen-bond donors (Lipinski definition) is 0. The Morgan fingerprint density at radius 1 is 1.45 bits per heavy atom. The summed E-state index contributed by atoms with van der Waals surface area (Å²) >= 11 is 0. The highest BCUT2D eigenvalue weighted by Crippen LogP contribution is 1.95. The summed E-state index contributed by atoms with van der Waals surface area (Å²) in [5.41, 5.74) is 4.54. The van der Waals surface area contributed by atoms with Gasteiger partial charge >= 0.3 is 0 Å². The molecule has 0 aliphatic rings. The van der Waals surface area contributed by atoms with Crippen LogP contribution in [-0.4, -0.2) is 13.3 Å². The molecule has 1 nitrogen and oxygen atoms in total. The zero-order chi connectivity index (χ0) is 8.53. The van der Waals surface area contributed by atoms with Gasteiger partial charge in [-0.25, -0.2) is 0 Å². The van der Waals surface area contributed by atoms with Gasteiger partial charge in [-0.3, -0.25) is 0 Å². The van der Waals surface area contributed by atoms with Crippen molar-refractivity contribution >= 4 is 6.21 Å². The second-order valence-corrected chi connectivity index (χ2v) is 2.50. The topological polar surface area (TPSA) is 12.4 Å². The Morgan fingerprint density at radius 2 is 2.18 bits per heavy atom. The average Bonchev–Trinajstić information content (AvgIpc) is 2.04. The molecule has 11 heavy (non-hydrogen) atoms. The first-order chi connectivity index (χ1) is 5.31. The van der Waals surface area contributed by atoms with E-state index in [9.17, 15) is 0 Å². The lowest BCUT2D eigenvalue weighted by molar-refractivity contribution is 1.08. The lowest BCUT2D eigenvalue weighted by atomic mass is 10.2. The van der Waals surface area contributed by atoms with Crippen LogP contribution in [0.3, 0.4) is 0 Å². The van der Waals surface area contributed by atoms with E-state index in [4.69, 9.17) is 0 Å². The normalized spacial score (nSPS) is 9.73. The third-order valence-electron chi connectivity index (χ3n) is 1.50. The van der Waals surface area contributed by atoms with Gasteiger partial charge in [-0.15, -0.1) is 5.73 Å². The van der Waals surface area contributed by atoms with Crippen LogP contribution in [0.4, 0.5) is 0 Å². The third-order valence-corrected chi connectivity index (χ3v) is 1.50. The molecule has 0 unspecified atom stereocenters. The fourth-order valence-corrected chi connectivity index (χ4v) is 0.635. The van der Waals surface area contributed by atoms with Crippen LogP contribution in [0.2, 0.25) is 0 Å². The van der Waals surface area contributed by atoms with Crippen LogP contribution in [0.15, 0.2) is 22.4 Å². The highest BCUT2D eigenvalue weighted by atomic mass is 14.6. The third kappa shape index (κ3) is 7.08. The highest BCUT2D eigenvalue weighted by Gasteiger charge is 1.77. The lowest BCUT2D eigenvalue weighted by Gasteiger charge is -1.85. The van der Waals surface area contributed by atoms with E-state index in [2.05, 4.69) is 30.6 Å². The Bertz CT molecular complexity index is 171. The monoisotopic (exact) mass is 151 g/mol. The van der Waals surface area contributed by atoms with Gasteiger partial charge in [0, 0.05) is 7.05 Å². The summed E-state index contributed by atoms with van der Waals surface area (Å²) in [6, 6.07) is 0. The van der Waals surface area contributed by atoms with Crippen molar-refractivity contribution in [1.82, 2.24) is 0 Å². The molecule has 0 saturated carbocycles. The maximum Gasteiger partial charge on any atom is 0.0273 e. The minimum atomic E-state index is 1.03. The Hall–Kier alpha value is -0.810. The fraction of sp³-hybridized carbons (Fsp3) is 0.600. The summed E-state index contributed by atoms with van der Waals surface area (Å²) in [5.74, 6) is 0. The molecular formula is C10H17N. The number of rotatable bonds is 4. The van der Waals surface area contributed by atoms with Crippen molar-refractivity contribution in [2.75, 3.05) is 7.05 Å². The zero-order valence-corrected chi connectivity index (χ0v) is 7.72. The van der Waals surface area contributed by atoms with Crippen LogP contribution in [0.1, 0.15) is 33.1 Å². The number of aliphatic imine (C=N–C) groups is 1. The molecule has 0 rings (SSSR count). The molecule has 0 spiro atoms. The first-order valence-electron chi connectivity index (χ1n) is 4.12. The van der Waals surface area contributed by atoms with E-state index in [0.29, 0.717) is 0 Å². The Balaban J connectivity index is 3.59. The Labute approximate surface area is 69.5 Å². The van der Waals surface area contributed by atoms with Gasteiger partial charge in [0.15, 0.2) is 0 Å². The maximum absolute atomic E-state index is 3.89. The van der Waals surface area contributed by atoms with E-state index in [1.165, 1.54) is 5.57 Å². The van der Waals surface area contributed by atoms with E-state index in [0.717, 1.165) is 19.3 Å². The molecule has 0 aromatic heterocycles. The Morgan fingerprint density at radius 3 is 2.73 bits per heavy atom. The molecule has 0 amide bonds. The molecule has 0 aliphatic heterocycles. The quantitative estimate of drug-likeness (QED) is 0.333. The largest absolute Gasteiger partial charge is 0.301 e. The van der Waals surface area contributed by atoms with Crippen molar-refractivity contribution in [3.63, 3.8) is 0 Å². The van der Waals surface area contributed by atoms with Gasteiger partial charge in [0.25, 0.3) is 0 Å². The summed E-state index contributed by atoms with van der Waals surface area (Å²) in [6.45, 7) is 4.24. The van der Waals surface area contributed by atoms with Gasteiger partial charge < -0.3 is 4.99 Å². The molecule has 0 aromatic rings. The van der Waals surface area contributed by atoms with Crippen molar-refractivity contribution in [3.05, 3.63) is 17.4 Å². The standard InChI is InChI=1S/C10H17N/c1-4-10(2)8-6-5-7-9-11-3/h6,9H,4-5,7H2,1-3H3. The molecule has 1 heteroatoms. The van der Waals surface area contributed by atoms with E-state index in [-0.39, 0.29) is 0 Å². The molecule has 0 fully saturated rings. The first-order valence-corrected chi connectivity index (χ1v) is 4.12. The zero-order valence-electron chi connectivity index (χ0n) is 7.72. The summed E-state index contributed by atoms with van der Waals surface area (Å²) in [6.07, 6.45) is 7.19. The minimum Gasteiger partial charge on any atom is -0.301 e. The molecule has 0 aliphatic carbocycles. The van der Waals surface area contributed by atoms with Crippen molar-refractivity contribution in [3.8, 4) is 0 Å². The molecule has 0 heterocycles. The summed E-state index contributed by atoms with van der Waals surface area (Å²) < 4.78 is 0. The van der Waals surface area contributed by atoms with Crippen LogP contribution in [0.25, 0.3) is 0 Å². The lowest BCUT2D eigenvalue weighted by Crippen LogP contribution is -1.71. The predicted octanol–water partition coefficient (Wildman–Crippen LogP) is 2.98. The number of unbranched alkanes of at least 4 members (excludes halogenated alkanes) is 1. The van der Waals surface area contributed by atoms with E-state index >= 15 is 0 Å². The predicted molar refractivity (Wildman–Crippen MR) is 51.2 cm³/mol. The second kappa shape index (κ2) is 7.30. The van der Waals surface area contributed by atoms with Crippen LogP contribution < -0.4 is 0 Å².